The summed E-state index contributed by atoms with van der Waals surface area (Å²) in [5, 5.41) is 3.67. The molecule has 0 aliphatic heterocycles. The molecule has 2 unspecified atom stereocenters. The summed E-state index contributed by atoms with van der Waals surface area (Å²) < 4.78 is 5.67. The Kier molecular flexibility index (Phi) is 4.28. The second-order valence-corrected chi connectivity index (χ2v) is 5.75. The third-order valence-electron chi connectivity index (χ3n) is 3.60. The van der Waals surface area contributed by atoms with E-state index < -0.39 is 0 Å². The maximum atomic E-state index is 5.67. The first kappa shape index (κ1) is 13.4. The predicted molar refractivity (Wildman–Crippen MR) is 76.2 cm³/mol. The summed E-state index contributed by atoms with van der Waals surface area (Å²) >= 11 is 0. The molecule has 1 aromatic carbocycles. The van der Waals surface area contributed by atoms with Crippen LogP contribution in [0.15, 0.2) is 24.3 Å². The van der Waals surface area contributed by atoms with E-state index in [1.165, 1.54) is 18.4 Å². The Balaban J connectivity index is 1.94. The van der Waals surface area contributed by atoms with E-state index in [9.17, 15) is 0 Å². The smallest absolute Gasteiger partial charge is 0.119 e. The molecule has 0 aromatic heterocycles. The van der Waals surface area contributed by atoms with Crippen molar-refractivity contribution in [3.05, 3.63) is 29.8 Å². The molecule has 1 fully saturated rings. The minimum Gasteiger partial charge on any atom is -0.491 e. The molecule has 0 spiro atoms. The van der Waals surface area contributed by atoms with Crippen molar-refractivity contribution >= 4 is 0 Å². The molecular formula is C16H25NO. The van der Waals surface area contributed by atoms with Crippen LogP contribution in [0.3, 0.4) is 0 Å². The number of hydrogen-bond acceptors (Lipinski definition) is 2. The molecule has 0 saturated heterocycles. The molecule has 1 aliphatic rings. The van der Waals surface area contributed by atoms with Gasteiger partial charge in [-0.1, -0.05) is 19.1 Å². The quantitative estimate of drug-likeness (QED) is 0.827. The van der Waals surface area contributed by atoms with Gasteiger partial charge in [0.15, 0.2) is 0 Å². The first-order chi connectivity index (χ1) is 8.56. The minimum absolute atomic E-state index is 0.240. The molecule has 0 bridgehead atoms. The molecule has 2 atom stereocenters. The topological polar surface area (TPSA) is 21.3 Å². The predicted octanol–water partition coefficient (Wildman–Crippen LogP) is 3.72. The van der Waals surface area contributed by atoms with Crippen molar-refractivity contribution in [1.29, 1.82) is 0 Å². The molecule has 2 heteroatoms. The highest BCUT2D eigenvalue weighted by atomic mass is 16.5. The molecule has 1 saturated carbocycles. The summed E-state index contributed by atoms with van der Waals surface area (Å²) in [5.41, 5.74) is 1.38. The van der Waals surface area contributed by atoms with Crippen molar-refractivity contribution in [2.45, 2.75) is 64.6 Å². The SMILES string of the molecule is CC(C)Oc1ccc(C(C)C(C)NC2CC2)cc1. The van der Waals surface area contributed by atoms with Crippen molar-refractivity contribution in [3.63, 3.8) is 0 Å². The first-order valence-corrected chi connectivity index (χ1v) is 7.09. The van der Waals surface area contributed by atoms with Crippen LogP contribution >= 0.6 is 0 Å². The molecule has 2 nitrogen and oxygen atoms in total. The molecule has 0 amide bonds. The summed E-state index contributed by atoms with van der Waals surface area (Å²) in [7, 11) is 0. The maximum Gasteiger partial charge on any atom is 0.119 e. The second kappa shape index (κ2) is 5.75. The first-order valence-electron chi connectivity index (χ1n) is 7.09. The number of benzene rings is 1. The van der Waals surface area contributed by atoms with Crippen molar-refractivity contribution in [3.8, 4) is 5.75 Å². The minimum atomic E-state index is 0.240. The van der Waals surface area contributed by atoms with Crippen molar-refractivity contribution in [1.82, 2.24) is 5.32 Å². The lowest BCUT2D eigenvalue weighted by Gasteiger charge is -2.22. The van der Waals surface area contributed by atoms with E-state index in [0.29, 0.717) is 12.0 Å². The van der Waals surface area contributed by atoms with Gasteiger partial charge in [0, 0.05) is 12.1 Å². The highest BCUT2D eigenvalue weighted by Crippen LogP contribution is 2.26. The van der Waals surface area contributed by atoms with Crippen LogP contribution in [0.2, 0.25) is 0 Å². The number of hydrogen-bond donors (Lipinski definition) is 1. The molecule has 1 aliphatic carbocycles. The van der Waals surface area contributed by atoms with Gasteiger partial charge in [0.2, 0.25) is 0 Å². The summed E-state index contributed by atoms with van der Waals surface area (Å²) in [6.45, 7) is 8.68. The van der Waals surface area contributed by atoms with Crippen LogP contribution in [0.25, 0.3) is 0 Å². The zero-order chi connectivity index (χ0) is 13.1. The van der Waals surface area contributed by atoms with E-state index in [0.717, 1.165) is 11.8 Å². The highest BCUT2D eigenvalue weighted by Gasteiger charge is 2.25. The van der Waals surface area contributed by atoms with Gasteiger partial charge in [0.1, 0.15) is 5.75 Å². The average Bonchev–Trinajstić information content (AvgIpc) is 3.12. The van der Waals surface area contributed by atoms with Crippen LogP contribution in [0, 0.1) is 0 Å². The van der Waals surface area contributed by atoms with Gasteiger partial charge in [-0.05, 0) is 57.2 Å². The van der Waals surface area contributed by atoms with Gasteiger partial charge in [-0.2, -0.15) is 0 Å². The lowest BCUT2D eigenvalue weighted by molar-refractivity contribution is 0.242. The molecule has 1 aromatic rings. The van der Waals surface area contributed by atoms with Gasteiger partial charge < -0.3 is 10.1 Å². The number of ether oxygens (including phenoxy) is 1. The van der Waals surface area contributed by atoms with Gasteiger partial charge in [-0.15, -0.1) is 0 Å². The molecule has 0 radical (unpaired) electrons. The van der Waals surface area contributed by atoms with E-state index in [4.69, 9.17) is 4.74 Å². The van der Waals surface area contributed by atoms with Gasteiger partial charge >= 0.3 is 0 Å². The Labute approximate surface area is 111 Å². The average molecular weight is 247 g/mol. The van der Waals surface area contributed by atoms with Crippen molar-refractivity contribution in [2.75, 3.05) is 0 Å². The standard InChI is InChI=1S/C16H25NO/c1-11(2)18-16-9-5-14(6-10-16)12(3)13(4)17-15-7-8-15/h5-6,9-13,15,17H,7-8H2,1-4H3. The normalized spacial score (nSPS) is 18.7. The van der Waals surface area contributed by atoms with E-state index >= 15 is 0 Å². The second-order valence-electron chi connectivity index (χ2n) is 5.75. The van der Waals surface area contributed by atoms with Crippen LogP contribution in [0.5, 0.6) is 5.75 Å². The Morgan fingerprint density at radius 2 is 1.67 bits per heavy atom. The Morgan fingerprint density at radius 1 is 1.06 bits per heavy atom. The van der Waals surface area contributed by atoms with Crippen LogP contribution in [0.4, 0.5) is 0 Å². The zero-order valence-corrected chi connectivity index (χ0v) is 11.9. The third-order valence-corrected chi connectivity index (χ3v) is 3.60. The van der Waals surface area contributed by atoms with Crippen molar-refractivity contribution in [2.24, 2.45) is 0 Å². The fraction of sp³-hybridized carbons (Fsp3) is 0.625. The monoisotopic (exact) mass is 247 g/mol. The lowest BCUT2D eigenvalue weighted by atomic mass is 9.94. The fourth-order valence-electron chi connectivity index (χ4n) is 2.18. The largest absolute Gasteiger partial charge is 0.491 e. The summed E-state index contributed by atoms with van der Waals surface area (Å²) in [6.07, 6.45) is 2.93. The Morgan fingerprint density at radius 3 is 2.17 bits per heavy atom. The molecular weight excluding hydrogens is 222 g/mol. The van der Waals surface area contributed by atoms with Crippen LogP contribution in [-0.2, 0) is 0 Å². The van der Waals surface area contributed by atoms with Gasteiger partial charge in [0.05, 0.1) is 6.10 Å². The van der Waals surface area contributed by atoms with E-state index in [1.807, 2.05) is 0 Å². The highest BCUT2D eigenvalue weighted by molar-refractivity contribution is 5.30. The van der Waals surface area contributed by atoms with E-state index in [2.05, 4.69) is 57.3 Å². The van der Waals surface area contributed by atoms with Gasteiger partial charge in [0.25, 0.3) is 0 Å². The maximum absolute atomic E-state index is 5.67. The molecule has 100 valence electrons. The van der Waals surface area contributed by atoms with Gasteiger partial charge in [-0.3, -0.25) is 0 Å². The van der Waals surface area contributed by atoms with E-state index in [1.54, 1.807) is 0 Å². The molecule has 18 heavy (non-hydrogen) atoms. The lowest BCUT2D eigenvalue weighted by Crippen LogP contribution is -2.32. The number of rotatable bonds is 6. The Bertz CT molecular complexity index is 367. The zero-order valence-electron chi connectivity index (χ0n) is 11.9. The number of nitrogens with one attached hydrogen (secondary N) is 1. The summed E-state index contributed by atoms with van der Waals surface area (Å²) in [5.74, 6) is 1.50. The Hall–Kier alpha value is -1.02. The molecule has 1 N–H and O–H groups in total. The third kappa shape index (κ3) is 3.74. The van der Waals surface area contributed by atoms with Gasteiger partial charge in [-0.25, -0.2) is 0 Å². The van der Waals surface area contributed by atoms with E-state index in [-0.39, 0.29) is 6.10 Å². The fourth-order valence-corrected chi connectivity index (χ4v) is 2.18. The summed E-state index contributed by atoms with van der Waals surface area (Å²) in [4.78, 5) is 0. The van der Waals surface area contributed by atoms with Crippen LogP contribution < -0.4 is 10.1 Å². The van der Waals surface area contributed by atoms with Crippen LogP contribution in [-0.4, -0.2) is 18.2 Å². The van der Waals surface area contributed by atoms with Crippen molar-refractivity contribution < 1.29 is 4.74 Å². The molecule has 0 heterocycles. The summed E-state index contributed by atoms with van der Waals surface area (Å²) in [6, 6.07) is 9.84. The van der Waals surface area contributed by atoms with Crippen LogP contribution in [0.1, 0.15) is 52.0 Å². The molecule has 2 rings (SSSR count).